The van der Waals surface area contributed by atoms with Crippen LogP contribution in [0.15, 0.2) is 79.0 Å². The molecule has 0 spiro atoms. The molecule has 1 amide bonds. The minimum absolute atomic E-state index is 0.0566. The Labute approximate surface area is 146 Å². The first-order chi connectivity index (χ1) is 12.3. The van der Waals surface area contributed by atoms with Gasteiger partial charge in [0.25, 0.3) is 5.91 Å². The van der Waals surface area contributed by atoms with Crippen molar-refractivity contribution in [2.24, 2.45) is 0 Å². The van der Waals surface area contributed by atoms with Crippen LogP contribution in [0.25, 0.3) is 21.7 Å². The van der Waals surface area contributed by atoms with Crippen LogP contribution in [0, 0.1) is 0 Å². The quantitative estimate of drug-likeness (QED) is 0.605. The first-order valence-electron chi connectivity index (χ1n) is 8.41. The van der Waals surface area contributed by atoms with Crippen LogP contribution >= 0.6 is 0 Å². The Kier molecular flexibility index (Phi) is 4.13. The predicted molar refractivity (Wildman–Crippen MR) is 102 cm³/mol. The predicted octanol–water partition coefficient (Wildman–Crippen LogP) is 4.36. The van der Waals surface area contributed by atoms with Crippen molar-refractivity contribution in [2.75, 3.05) is 6.54 Å². The van der Waals surface area contributed by atoms with E-state index in [1.165, 1.54) is 16.3 Å². The van der Waals surface area contributed by atoms with E-state index in [0.717, 1.165) is 17.3 Å². The highest BCUT2D eigenvalue weighted by Crippen LogP contribution is 2.19. The zero-order valence-corrected chi connectivity index (χ0v) is 13.8. The first kappa shape index (κ1) is 15.3. The van der Waals surface area contributed by atoms with Crippen LogP contribution in [0.5, 0.6) is 0 Å². The average molecular weight is 326 g/mol. The van der Waals surface area contributed by atoms with Crippen molar-refractivity contribution in [1.82, 2.24) is 10.3 Å². The van der Waals surface area contributed by atoms with Gasteiger partial charge in [-0.25, -0.2) is 0 Å². The Balaban J connectivity index is 1.50. The highest BCUT2D eigenvalue weighted by atomic mass is 16.1. The maximum atomic E-state index is 12.6. The fourth-order valence-electron chi connectivity index (χ4n) is 3.21. The van der Waals surface area contributed by atoms with Crippen molar-refractivity contribution in [2.45, 2.75) is 6.42 Å². The van der Waals surface area contributed by atoms with Crippen LogP contribution in [-0.2, 0) is 6.42 Å². The summed E-state index contributed by atoms with van der Waals surface area (Å²) in [5, 5.41) is 6.39. The SMILES string of the molecule is O=C(NCCc1cccc2ccccc12)c1ccnc2ccccc12. The highest BCUT2D eigenvalue weighted by Gasteiger charge is 2.10. The van der Waals surface area contributed by atoms with Crippen molar-refractivity contribution in [3.63, 3.8) is 0 Å². The minimum atomic E-state index is -0.0566. The Morgan fingerprint density at radius 2 is 1.60 bits per heavy atom. The summed E-state index contributed by atoms with van der Waals surface area (Å²) < 4.78 is 0. The topological polar surface area (TPSA) is 42.0 Å². The first-order valence-corrected chi connectivity index (χ1v) is 8.41. The van der Waals surface area contributed by atoms with Crippen molar-refractivity contribution >= 4 is 27.6 Å². The lowest BCUT2D eigenvalue weighted by atomic mass is 10.0. The molecule has 0 aliphatic heterocycles. The summed E-state index contributed by atoms with van der Waals surface area (Å²) in [4.78, 5) is 16.9. The number of nitrogens with zero attached hydrogens (tertiary/aromatic N) is 1. The molecule has 122 valence electrons. The van der Waals surface area contributed by atoms with Crippen LogP contribution in [0.2, 0.25) is 0 Å². The molecule has 3 nitrogen and oxygen atoms in total. The number of para-hydroxylation sites is 1. The fraction of sp³-hybridized carbons (Fsp3) is 0.0909. The zero-order valence-electron chi connectivity index (χ0n) is 13.8. The summed E-state index contributed by atoms with van der Waals surface area (Å²) >= 11 is 0. The number of rotatable bonds is 4. The van der Waals surface area contributed by atoms with E-state index in [9.17, 15) is 4.79 Å². The molecule has 1 heterocycles. The maximum Gasteiger partial charge on any atom is 0.252 e. The van der Waals surface area contributed by atoms with Gasteiger partial charge in [0, 0.05) is 18.1 Å². The highest BCUT2D eigenvalue weighted by molar-refractivity contribution is 6.05. The molecule has 4 rings (SSSR count). The van der Waals surface area contributed by atoms with Gasteiger partial charge in [0.15, 0.2) is 0 Å². The molecule has 0 atom stereocenters. The van der Waals surface area contributed by atoms with Gasteiger partial charge in [0.2, 0.25) is 0 Å². The summed E-state index contributed by atoms with van der Waals surface area (Å²) in [6.45, 7) is 0.601. The molecule has 0 aliphatic carbocycles. The van der Waals surface area contributed by atoms with Crippen LogP contribution in [-0.4, -0.2) is 17.4 Å². The van der Waals surface area contributed by atoms with Crippen molar-refractivity contribution < 1.29 is 4.79 Å². The van der Waals surface area contributed by atoms with E-state index in [1.54, 1.807) is 12.3 Å². The average Bonchev–Trinajstić information content (AvgIpc) is 2.67. The van der Waals surface area contributed by atoms with Crippen LogP contribution < -0.4 is 5.32 Å². The summed E-state index contributed by atoms with van der Waals surface area (Å²) in [6.07, 6.45) is 2.48. The summed E-state index contributed by atoms with van der Waals surface area (Å²) in [5.41, 5.74) is 2.76. The van der Waals surface area contributed by atoms with Gasteiger partial charge >= 0.3 is 0 Å². The van der Waals surface area contributed by atoms with Crippen LogP contribution in [0.1, 0.15) is 15.9 Å². The Hall–Kier alpha value is -3.20. The second-order valence-corrected chi connectivity index (χ2v) is 6.02. The Bertz CT molecular complexity index is 1050. The van der Waals surface area contributed by atoms with E-state index in [1.807, 2.05) is 36.4 Å². The van der Waals surface area contributed by atoms with Gasteiger partial charge in [-0.2, -0.15) is 0 Å². The normalized spacial score (nSPS) is 10.9. The van der Waals surface area contributed by atoms with E-state index >= 15 is 0 Å². The zero-order chi connectivity index (χ0) is 17.1. The molecular weight excluding hydrogens is 308 g/mol. The van der Waals surface area contributed by atoms with E-state index in [-0.39, 0.29) is 5.91 Å². The second-order valence-electron chi connectivity index (χ2n) is 6.02. The molecule has 0 unspecified atom stereocenters. The number of hydrogen-bond donors (Lipinski definition) is 1. The van der Waals surface area contributed by atoms with E-state index in [2.05, 4.69) is 40.6 Å². The largest absolute Gasteiger partial charge is 0.352 e. The number of hydrogen-bond acceptors (Lipinski definition) is 2. The maximum absolute atomic E-state index is 12.6. The smallest absolute Gasteiger partial charge is 0.252 e. The lowest BCUT2D eigenvalue weighted by molar-refractivity contribution is 0.0955. The lowest BCUT2D eigenvalue weighted by Crippen LogP contribution is -2.26. The third kappa shape index (κ3) is 3.09. The molecule has 0 fully saturated rings. The molecule has 0 saturated carbocycles. The molecule has 0 radical (unpaired) electrons. The van der Waals surface area contributed by atoms with Crippen LogP contribution in [0.3, 0.4) is 0 Å². The number of aromatic nitrogens is 1. The molecule has 1 N–H and O–H groups in total. The summed E-state index contributed by atoms with van der Waals surface area (Å²) in [7, 11) is 0. The molecule has 3 aromatic carbocycles. The Morgan fingerprint density at radius 1 is 0.840 bits per heavy atom. The summed E-state index contributed by atoms with van der Waals surface area (Å²) in [5.74, 6) is -0.0566. The number of pyridine rings is 1. The number of fused-ring (bicyclic) bond motifs is 2. The molecule has 0 bridgehead atoms. The summed E-state index contributed by atoms with van der Waals surface area (Å²) in [6, 6.07) is 24.1. The van der Waals surface area contributed by atoms with E-state index in [0.29, 0.717) is 12.1 Å². The molecule has 4 aromatic rings. The van der Waals surface area contributed by atoms with Gasteiger partial charge in [-0.15, -0.1) is 0 Å². The lowest BCUT2D eigenvalue weighted by Gasteiger charge is -2.09. The van der Waals surface area contributed by atoms with Gasteiger partial charge in [0.05, 0.1) is 11.1 Å². The molecule has 25 heavy (non-hydrogen) atoms. The number of amides is 1. The standard InChI is InChI=1S/C22H18N2O/c25-22(20-13-15-23-21-11-4-3-10-19(20)21)24-14-12-17-8-5-7-16-6-1-2-9-18(16)17/h1-11,13,15H,12,14H2,(H,24,25). The van der Waals surface area contributed by atoms with Gasteiger partial charge in [-0.3, -0.25) is 9.78 Å². The van der Waals surface area contributed by atoms with E-state index in [4.69, 9.17) is 0 Å². The second kappa shape index (κ2) is 6.73. The number of benzene rings is 3. The molecule has 3 heteroatoms. The molecule has 0 saturated heterocycles. The van der Waals surface area contributed by atoms with Gasteiger partial charge in [-0.05, 0) is 34.9 Å². The number of nitrogens with one attached hydrogen (secondary N) is 1. The monoisotopic (exact) mass is 326 g/mol. The van der Waals surface area contributed by atoms with Gasteiger partial charge < -0.3 is 5.32 Å². The van der Waals surface area contributed by atoms with Gasteiger partial charge in [-0.1, -0.05) is 60.7 Å². The third-order valence-corrected chi connectivity index (χ3v) is 4.45. The Morgan fingerprint density at radius 3 is 2.52 bits per heavy atom. The van der Waals surface area contributed by atoms with E-state index < -0.39 is 0 Å². The van der Waals surface area contributed by atoms with Crippen LogP contribution in [0.4, 0.5) is 0 Å². The molecule has 1 aromatic heterocycles. The number of carbonyl (C=O) groups is 1. The molecular formula is C22H18N2O. The number of carbonyl (C=O) groups excluding carboxylic acids is 1. The third-order valence-electron chi connectivity index (χ3n) is 4.45. The van der Waals surface area contributed by atoms with Crippen molar-refractivity contribution in [3.8, 4) is 0 Å². The fourth-order valence-corrected chi connectivity index (χ4v) is 3.21. The minimum Gasteiger partial charge on any atom is -0.352 e. The van der Waals surface area contributed by atoms with Crippen molar-refractivity contribution in [1.29, 1.82) is 0 Å². The van der Waals surface area contributed by atoms with Gasteiger partial charge in [0.1, 0.15) is 0 Å². The van der Waals surface area contributed by atoms with Crippen molar-refractivity contribution in [3.05, 3.63) is 90.1 Å². The molecule has 0 aliphatic rings.